The van der Waals surface area contributed by atoms with Gasteiger partial charge in [0.1, 0.15) is 0 Å². The molecular formula is C15H18N2O2. The van der Waals surface area contributed by atoms with E-state index in [0.717, 1.165) is 5.01 Å². The van der Waals surface area contributed by atoms with E-state index in [0.29, 0.717) is 0 Å². The molecule has 2 rings (SSSR count). The molecule has 0 saturated carbocycles. The van der Waals surface area contributed by atoms with Crippen molar-refractivity contribution < 1.29 is 9.90 Å². The minimum absolute atomic E-state index is 0.958. The Kier molecular flexibility index (Phi) is 6.12. The molecule has 2 aromatic rings. The van der Waals surface area contributed by atoms with Gasteiger partial charge in [0.15, 0.2) is 0 Å². The normalized spacial score (nSPS) is 9.16. The van der Waals surface area contributed by atoms with Crippen LogP contribution in [0.15, 0.2) is 60.7 Å². The van der Waals surface area contributed by atoms with Crippen molar-refractivity contribution in [1.29, 1.82) is 0 Å². The zero-order valence-electron chi connectivity index (χ0n) is 11.1. The lowest BCUT2D eigenvalue weighted by molar-refractivity contribution is 0.140. The number of carboxylic acid groups (broad SMARTS) is 1. The van der Waals surface area contributed by atoms with Gasteiger partial charge in [0.2, 0.25) is 0 Å². The molecule has 0 aliphatic heterocycles. The van der Waals surface area contributed by atoms with Crippen LogP contribution in [0.5, 0.6) is 0 Å². The van der Waals surface area contributed by atoms with E-state index in [1.54, 1.807) is 0 Å². The van der Waals surface area contributed by atoms with Crippen molar-refractivity contribution in [3.05, 3.63) is 60.7 Å². The molecule has 4 nitrogen and oxygen atoms in total. The SMILES string of the molecule is CNN(C)C(=O)O.c1ccc(-c2ccccc2)cc1. The molecule has 0 spiro atoms. The van der Waals surface area contributed by atoms with Gasteiger partial charge in [-0.05, 0) is 11.1 Å². The number of hydrogen-bond acceptors (Lipinski definition) is 2. The maximum absolute atomic E-state index is 9.79. The van der Waals surface area contributed by atoms with Crippen LogP contribution in [0.1, 0.15) is 0 Å². The maximum Gasteiger partial charge on any atom is 0.421 e. The zero-order chi connectivity index (χ0) is 14.1. The Balaban J connectivity index is 0.000000224. The maximum atomic E-state index is 9.79. The molecule has 0 aliphatic carbocycles. The zero-order valence-corrected chi connectivity index (χ0v) is 11.1. The highest BCUT2D eigenvalue weighted by atomic mass is 16.4. The van der Waals surface area contributed by atoms with E-state index in [9.17, 15) is 4.79 Å². The summed E-state index contributed by atoms with van der Waals surface area (Å²) in [4.78, 5) is 9.79. The molecule has 2 aromatic carbocycles. The summed E-state index contributed by atoms with van der Waals surface area (Å²) in [5.74, 6) is 0. The van der Waals surface area contributed by atoms with Crippen molar-refractivity contribution in [2.24, 2.45) is 0 Å². The highest BCUT2D eigenvalue weighted by Gasteiger charge is 1.97. The summed E-state index contributed by atoms with van der Waals surface area (Å²) in [5, 5.41) is 9.00. The number of nitrogens with one attached hydrogen (secondary N) is 1. The van der Waals surface area contributed by atoms with Crippen LogP contribution in [0, 0.1) is 0 Å². The van der Waals surface area contributed by atoms with Crippen molar-refractivity contribution >= 4 is 6.09 Å². The summed E-state index contributed by atoms with van der Waals surface area (Å²) in [5.41, 5.74) is 4.95. The van der Waals surface area contributed by atoms with E-state index in [1.807, 2.05) is 12.1 Å². The van der Waals surface area contributed by atoms with Gasteiger partial charge in [0.05, 0.1) is 0 Å². The molecule has 0 fully saturated rings. The van der Waals surface area contributed by atoms with Gasteiger partial charge in [0, 0.05) is 14.1 Å². The van der Waals surface area contributed by atoms with Gasteiger partial charge in [-0.25, -0.2) is 15.2 Å². The number of hydrazine groups is 1. The van der Waals surface area contributed by atoms with Gasteiger partial charge in [0.25, 0.3) is 0 Å². The fourth-order valence-electron chi connectivity index (χ4n) is 1.36. The average Bonchev–Trinajstić information content (AvgIpc) is 2.49. The van der Waals surface area contributed by atoms with Crippen molar-refractivity contribution in [2.75, 3.05) is 14.1 Å². The van der Waals surface area contributed by atoms with Crippen molar-refractivity contribution in [2.45, 2.75) is 0 Å². The molecule has 0 atom stereocenters. The lowest BCUT2D eigenvalue weighted by atomic mass is 10.1. The first-order valence-corrected chi connectivity index (χ1v) is 5.89. The van der Waals surface area contributed by atoms with E-state index in [2.05, 4.69) is 54.0 Å². The Morgan fingerprint density at radius 2 is 1.32 bits per heavy atom. The van der Waals surface area contributed by atoms with Crippen LogP contribution in [0.25, 0.3) is 11.1 Å². The van der Waals surface area contributed by atoms with E-state index < -0.39 is 6.09 Å². The Bertz CT molecular complexity index is 449. The lowest BCUT2D eigenvalue weighted by Crippen LogP contribution is -2.35. The van der Waals surface area contributed by atoms with Crippen molar-refractivity contribution in [3.8, 4) is 11.1 Å². The Morgan fingerprint density at radius 1 is 0.947 bits per heavy atom. The molecular weight excluding hydrogens is 240 g/mol. The van der Waals surface area contributed by atoms with Crippen LogP contribution < -0.4 is 5.43 Å². The van der Waals surface area contributed by atoms with Gasteiger partial charge < -0.3 is 5.11 Å². The van der Waals surface area contributed by atoms with E-state index in [4.69, 9.17) is 5.11 Å². The van der Waals surface area contributed by atoms with Crippen LogP contribution in [-0.4, -0.2) is 30.3 Å². The van der Waals surface area contributed by atoms with Gasteiger partial charge in [-0.15, -0.1) is 0 Å². The summed E-state index contributed by atoms with van der Waals surface area (Å²) in [7, 11) is 2.95. The molecule has 0 saturated heterocycles. The second-order valence-corrected chi connectivity index (χ2v) is 3.80. The molecule has 0 radical (unpaired) electrons. The highest BCUT2D eigenvalue weighted by Crippen LogP contribution is 2.17. The predicted molar refractivity (Wildman–Crippen MR) is 76.7 cm³/mol. The molecule has 1 amide bonds. The second kappa shape index (κ2) is 7.89. The minimum Gasteiger partial charge on any atom is -0.464 e. The van der Waals surface area contributed by atoms with Crippen LogP contribution in [-0.2, 0) is 0 Å². The number of amides is 1. The third-order valence-corrected chi connectivity index (χ3v) is 2.50. The topological polar surface area (TPSA) is 52.6 Å². The summed E-state index contributed by atoms with van der Waals surface area (Å²) in [6.45, 7) is 0. The third kappa shape index (κ3) is 5.23. The first kappa shape index (κ1) is 14.7. The van der Waals surface area contributed by atoms with Gasteiger partial charge in [-0.2, -0.15) is 0 Å². The monoisotopic (exact) mass is 258 g/mol. The fraction of sp³-hybridized carbons (Fsp3) is 0.133. The lowest BCUT2D eigenvalue weighted by Gasteiger charge is -2.08. The molecule has 0 bridgehead atoms. The number of rotatable bonds is 2. The van der Waals surface area contributed by atoms with Crippen LogP contribution in [0.2, 0.25) is 0 Å². The standard InChI is InChI=1S/C12H10.C3H8N2O2/c1-3-7-11(8-4-1)12-9-5-2-6-10-12;1-4-5(2)3(6)7/h1-10H;4H,1-2H3,(H,6,7). The molecule has 0 unspecified atom stereocenters. The van der Waals surface area contributed by atoms with Crippen LogP contribution >= 0.6 is 0 Å². The quantitative estimate of drug-likeness (QED) is 0.814. The van der Waals surface area contributed by atoms with Gasteiger partial charge in [-0.3, -0.25) is 0 Å². The third-order valence-electron chi connectivity index (χ3n) is 2.50. The minimum atomic E-state index is -0.984. The Labute approximate surface area is 113 Å². The summed E-state index contributed by atoms with van der Waals surface area (Å²) in [6, 6.07) is 20.8. The van der Waals surface area contributed by atoms with E-state index in [1.165, 1.54) is 25.2 Å². The predicted octanol–water partition coefficient (Wildman–Crippen LogP) is 3.08. The largest absolute Gasteiger partial charge is 0.464 e. The molecule has 19 heavy (non-hydrogen) atoms. The summed E-state index contributed by atoms with van der Waals surface area (Å²) < 4.78 is 0. The second-order valence-electron chi connectivity index (χ2n) is 3.80. The smallest absolute Gasteiger partial charge is 0.421 e. The number of nitrogens with zero attached hydrogens (tertiary/aromatic N) is 1. The number of hydrogen-bond donors (Lipinski definition) is 2. The number of benzene rings is 2. The highest BCUT2D eigenvalue weighted by molar-refractivity contribution is 5.63. The fourth-order valence-corrected chi connectivity index (χ4v) is 1.36. The summed E-state index contributed by atoms with van der Waals surface area (Å²) in [6.07, 6.45) is -0.984. The molecule has 2 N–H and O–H groups in total. The Hall–Kier alpha value is -2.33. The van der Waals surface area contributed by atoms with Crippen LogP contribution in [0.4, 0.5) is 4.79 Å². The first-order chi connectivity index (χ1) is 9.15. The van der Waals surface area contributed by atoms with E-state index in [-0.39, 0.29) is 0 Å². The number of carbonyl (C=O) groups is 1. The Morgan fingerprint density at radius 3 is 1.53 bits per heavy atom. The summed E-state index contributed by atoms with van der Waals surface area (Å²) >= 11 is 0. The van der Waals surface area contributed by atoms with Crippen LogP contribution in [0.3, 0.4) is 0 Å². The average molecular weight is 258 g/mol. The van der Waals surface area contributed by atoms with Crippen molar-refractivity contribution in [1.82, 2.24) is 10.4 Å². The molecule has 0 aromatic heterocycles. The van der Waals surface area contributed by atoms with Gasteiger partial charge >= 0.3 is 6.09 Å². The molecule has 100 valence electrons. The molecule has 0 aliphatic rings. The van der Waals surface area contributed by atoms with Gasteiger partial charge in [-0.1, -0.05) is 60.7 Å². The van der Waals surface area contributed by atoms with E-state index >= 15 is 0 Å². The van der Waals surface area contributed by atoms with Crippen molar-refractivity contribution in [3.63, 3.8) is 0 Å². The molecule has 4 heteroatoms. The molecule has 0 heterocycles. The first-order valence-electron chi connectivity index (χ1n) is 5.89.